The second-order valence-corrected chi connectivity index (χ2v) is 6.20. The van der Waals surface area contributed by atoms with Gasteiger partial charge in [0.05, 0.1) is 7.11 Å². The number of anilines is 1. The van der Waals surface area contributed by atoms with Gasteiger partial charge in [0.1, 0.15) is 5.75 Å². The molecule has 0 heterocycles. The molecular weight excluding hydrogens is 312 g/mol. The molecule has 116 valence electrons. The molecule has 0 atom stereocenters. The summed E-state index contributed by atoms with van der Waals surface area (Å²) in [7, 11) is 1.68. The average molecular weight is 332 g/mol. The van der Waals surface area contributed by atoms with Gasteiger partial charge >= 0.3 is 0 Å². The van der Waals surface area contributed by atoms with E-state index in [1.54, 1.807) is 7.11 Å². The summed E-state index contributed by atoms with van der Waals surface area (Å²) in [6, 6.07) is 18.1. The first-order valence-corrected chi connectivity index (χ1v) is 8.54. The van der Waals surface area contributed by atoms with E-state index in [4.69, 9.17) is 17.0 Å². The monoisotopic (exact) mass is 332 g/mol. The van der Waals surface area contributed by atoms with E-state index in [0.717, 1.165) is 30.2 Å². The van der Waals surface area contributed by atoms with Crippen molar-refractivity contribution in [3.05, 3.63) is 54.6 Å². The number of benzene rings is 2. The van der Waals surface area contributed by atoms with Gasteiger partial charge in [-0.05, 0) is 60.8 Å². The lowest BCUT2D eigenvalue weighted by molar-refractivity contribution is 0.414. The molecule has 2 aromatic carbocycles. The van der Waals surface area contributed by atoms with Crippen LogP contribution in [0.2, 0.25) is 0 Å². The molecular formula is C17H20N2OS2. The molecule has 22 heavy (non-hydrogen) atoms. The van der Waals surface area contributed by atoms with Gasteiger partial charge in [-0.25, -0.2) is 0 Å². The smallest absolute Gasteiger partial charge is 0.170 e. The van der Waals surface area contributed by atoms with E-state index in [9.17, 15) is 0 Å². The molecule has 2 aromatic rings. The minimum absolute atomic E-state index is 0.667. The van der Waals surface area contributed by atoms with Crippen LogP contribution in [0.1, 0.15) is 6.42 Å². The van der Waals surface area contributed by atoms with Crippen LogP contribution >= 0.6 is 24.0 Å². The molecule has 3 nitrogen and oxygen atoms in total. The molecule has 0 aliphatic carbocycles. The second-order valence-electron chi connectivity index (χ2n) is 4.62. The largest absolute Gasteiger partial charge is 0.497 e. The number of para-hydroxylation sites is 1. The number of nitrogens with one attached hydrogen (secondary N) is 2. The van der Waals surface area contributed by atoms with Crippen LogP contribution in [0.5, 0.6) is 5.75 Å². The summed E-state index contributed by atoms with van der Waals surface area (Å²) in [4.78, 5) is 1.26. The van der Waals surface area contributed by atoms with Crippen molar-refractivity contribution >= 4 is 34.8 Å². The average Bonchev–Trinajstić information content (AvgIpc) is 2.56. The fourth-order valence-electron chi connectivity index (χ4n) is 1.83. The Hall–Kier alpha value is -1.72. The van der Waals surface area contributed by atoms with Crippen LogP contribution in [0.25, 0.3) is 0 Å². The maximum Gasteiger partial charge on any atom is 0.170 e. The van der Waals surface area contributed by atoms with E-state index >= 15 is 0 Å². The summed E-state index contributed by atoms with van der Waals surface area (Å²) in [5, 5.41) is 7.05. The zero-order valence-corrected chi connectivity index (χ0v) is 14.2. The molecule has 2 N–H and O–H groups in total. The third-order valence-electron chi connectivity index (χ3n) is 2.97. The number of thioether (sulfide) groups is 1. The number of hydrogen-bond donors (Lipinski definition) is 2. The maximum atomic E-state index is 5.26. The lowest BCUT2D eigenvalue weighted by atomic mass is 10.3. The van der Waals surface area contributed by atoms with E-state index in [-0.39, 0.29) is 0 Å². The first-order chi connectivity index (χ1) is 10.8. The van der Waals surface area contributed by atoms with Crippen molar-refractivity contribution in [1.29, 1.82) is 0 Å². The quantitative estimate of drug-likeness (QED) is 0.452. The van der Waals surface area contributed by atoms with E-state index in [0.29, 0.717) is 5.11 Å². The molecule has 0 aromatic heterocycles. The molecule has 0 bridgehead atoms. The Kier molecular flexibility index (Phi) is 7.06. The zero-order valence-electron chi connectivity index (χ0n) is 12.5. The van der Waals surface area contributed by atoms with Crippen molar-refractivity contribution < 1.29 is 4.74 Å². The van der Waals surface area contributed by atoms with E-state index in [1.807, 2.05) is 54.2 Å². The summed E-state index contributed by atoms with van der Waals surface area (Å²) >= 11 is 7.10. The number of thiocarbonyl (C=S) groups is 1. The van der Waals surface area contributed by atoms with Gasteiger partial charge in [-0.3, -0.25) is 0 Å². The normalized spacial score (nSPS) is 10.0. The summed E-state index contributed by atoms with van der Waals surface area (Å²) in [6.07, 6.45) is 1.05. The predicted octanol–water partition coefficient (Wildman–Crippen LogP) is 4.16. The molecule has 0 radical (unpaired) electrons. The molecule has 0 saturated carbocycles. The SMILES string of the molecule is COc1ccc(SCCCNC(=S)Nc2ccccc2)cc1. The molecule has 0 spiro atoms. The van der Waals surface area contributed by atoms with Gasteiger partial charge < -0.3 is 15.4 Å². The molecule has 0 fully saturated rings. The topological polar surface area (TPSA) is 33.3 Å². The van der Waals surface area contributed by atoms with Gasteiger partial charge in [0.15, 0.2) is 5.11 Å². The van der Waals surface area contributed by atoms with Crippen LogP contribution < -0.4 is 15.4 Å². The van der Waals surface area contributed by atoms with Crippen molar-refractivity contribution in [1.82, 2.24) is 5.32 Å². The summed E-state index contributed by atoms with van der Waals surface area (Å²) in [5.74, 6) is 1.94. The van der Waals surface area contributed by atoms with E-state index < -0.39 is 0 Å². The van der Waals surface area contributed by atoms with Crippen LogP contribution in [0.4, 0.5) is 5.69 Å². The van der Waals surface area contributed by atoms with Crippen molar-refractivity contribution in [3.63, 3.8) is 0 Å². The van der Waals surface area contributed by atoms with Gasteiger partial charge in [0.2, 0.25) is 0 Å². The van der Waals surface area contributed by atoms with Gasteiger partial charge in [-0.2, -0.15) is 0 Å². The highest BCUT2D eigenvalue weighted by Gasteiger charge is 1.98. The van der Waals surface area contributed by atoms with Gasteiger partial charge in [0, 0.05) is 17.1 Å². The summed E-state index contributed by atoms with van der Waals surface area (Å²) in [6.45, 7) is 0.863. The molecule has 0 unspecified atom stereocenters. The number of methoxy groups -OCH3 is 1. The van der Waals surface area contributed by atoms with Crippen molar-refractivity contribution in [2.24, 2.45) is 0 Å². The highest BCUT2D eigenvalue weighted by atomic mass is 32.2. The summed E-state index contributed by atoms with van der Waals surface area (Å²) in [5.41, 5.74) is 1.01. The Morgan fingerprint density at radius 3 is 2.50 bits per heavy atom. The molecule has 5 heteroatoms. The molecule has 2 rings (SSSR count). The zero-order chi connectivity index (χ0) is 15.6. The highest BCUT2D eigenvalue weighted by molar-refractivity contribution is 7.99. The highest BCUT2D eigenvalue weighted by Crippen LogP contribution is 2.21. The first kappa shape index (κ1) is 16.6. The fourth-order valence-corrected chi connectivity index (χ4v) is 2.91. The third-order valence-corrected chi connectivity index (χ3v) is 4.31. The number of rotatable bonds is 7. The molecule has 0 saturated heterocycles. The van der Waals surface area contributed by atoms with Gasteiger partial charge in [-0.1, -0.05) is 18.2 Å². The Morgan fingerprint density at radius 2 is 1.82 bits per heavy atom. The minimum Gasteiger partial charge on any atom is -0.497 e. The lowest BCUT2D eigenvalue weighted by Gasteiger charge is -2.10. The Bertz CT molecular complexity index is 573. The van der Waals surface area contributed by atoms with Gasteiger partial charge in [0.25, 0.3) is 0 Å². The van der Waals surface area contributed by atoms with Crippen LogP contribution in [0.3, 0.4) is 0 Å². The standard InChI is InChI=1S/C17H20N2OS2/c1-20-15-8-10-16(11-9-15)22-13-5-12-18-17(21)19-14-6-3-2-4-7-14/h2-4,6-11H,5,12-13H2,1H3,(H2,18,19,21). The minimum atomic E-state index is 0.667. The lowest BCUT2D eigenvalue weighted by Crippen LogP contribution is -2.29. The van der Waals surface area contributed by atoms with E-state index in [1.165, 1.54) is 4.90 Å². The Labute approximate surface area is 141 Å². The van der Waals surface area contributed by atoms with Crippen molar-refractivity contribution in [2.75, 3.05) is 24.7 Å². The molecule has 0 aliphatic rings. The number of hydrogen-bond acceptors (Lipinski definition) is 3. The predicted molar refractivity (Wildman–Crippen MR) is 99.0 cm³/mol. The maximum absolute atomic E-state index is 5.26. The summed E-state index contributed by atoms with van der Waals surface area (Å²) < 4.78 is 5.15. The molecule has 0 amide bonds. The van der Waals surface area contributed by atoms with Crippen molar-refractivity contribution in [2.45, 2.75) is 11.3 Å². The van der Waals surface area contributed by atoms with E-state index in [2.05, 4.69) is 22.8 Å². The second kappa shape index (κ2) is 9.33. The van der Waals surface area contributed by atoms with Crippen LogP contribution in [0, 0.1) is 0 Å². The first-order valence-electron chi connectivity index (χ1n) is 7.14. The van der Waals surface area contributed by atoms with Crippen molar-refractivity contribution in [3.8, 4) is 5.75 Å². The molecule has 0 aliphatic heterocycles. The van der Waals surface area contributed by atoms with Gasteiger partial charge in [-0.15, -0.1) is 11.8 Å². The fraction of sp³-hybridized carbons (Fsp3) is 0.235. The van der Waals surface area contributed by atoms with Crippen LogP contribution in [-0.2, 0) is 0 Å². The Balaban J connectivity index is 1.59. The third kappa shape index (κ3) is 5.95. The van der Waals surface area contributed by atoms with Crippen LogP contribution in [0.15, 0.2) is 59.5 Å². The van der Waals surface area contributed by atoms with Crippen LogP contribution in [-0.4, -0.2) is 24.5 Å². The number of ether oxygens (including phenoxy) is 1. The Morgan fingerprint density at radius 1 is 1.09 bits per heavy atom.